The Labute approximate surface area is 232 Å². The summed E-state index contributed by atoms with van der Waals surface area (Å²) < 4.78 is 33.0. The lowest BCUT2D eigenvalue weighted by Gasteiger charge is -2.44. The van der Waals surface area contributed by atoms with Crippen LogP contribution in [0.2, 0.25) is 0 Å². The summed E-state index contributed by atoms with van der Waals surface area (Å²) in [6.07, 6.45) is 0.734. The van der Waals surface area contributed by atoms with Gasteiger partial charge in [0.2, 0.25) is 11.5 Å². The van der Waals surface area contributed by atoms with Gasteiger partial charge < -0.3 is 36.6 Å². The number of thiazole rings is 1. The third-order valence-corrected chi connectivity index (χ3v) is 7.87. The van der Waals surface area contributed by atoms with Gasteiger partial charge >= 0.3 is 16.3 Å². The van der Waals surface area contributed by atoms with Gasteiger partial charge in [0.1, 0.15) is 11.7 Å². The van der Waals surface area contributed by atoms with Gasteiger partial charge in [0, 0.05) is 36.9 Å². The van der Waals surface area contributed by atoms with Crippen molar-refractivity contribution in [3.05, 3.63) is 39.1 Å². The van der Waals surface area contributed by atoms with Crippen molar-refractivity contribution < 1.29 is 52.4 Å². The minimum atomic E-state index is -5.18. The molecular weight excluding hydrogens is 594 g/mol. The molecule has 19 nitrogen and oxygen atoms in total. The molecule has 8 N–H and O–H groups in total. The second-order valence-corrected chi connectivity index (χ2v) is 11.0. The first kappa shape index (κ1) is 29.2. The number of nitrogens with zero attached hydrogens (tertiary/aromatic N) is 4. The van der Waals surface area contributed by atoms with E-state index in [1.54, 1.807) is 0 Å². The standard InChI is InChI=1S/C20H21N7O12S2/c21-19-23-9(7-40-19)13(25-39-20(18(33)34)2-1-3-20)16(31)24-14-11(27(17(14)32)41(36,37)38)6-22-15(30)10-4-8(28)5-12(29)26(10)35/h4-5,7,11,14,29,35H,1-3,6H2,(H2,21,23)(H,22,30)(H,24,31)(H,33,34)(H,36,37,38)/t11-,14+/m1/s1. The molecule has 220 valence electrons. The number of aliphatic carboxylic acids is 1. The Kier molecular flexibility index (Phi) is 7.60. The molecule has 2 aromatic heterocycles. The molecule has 1 saturated heterocycles. The van der Waals surface area contributed by atoms with Crippen molar-refractivity contribution >= 4 is 56.2 Å². The van der Waals surface area contributed by atoms with Gasteiger partial charge in [-0.3, -0.25) is 23.7 Å². The van der Waals surface area contributed by atoms with Crippen LogP contribution >= 0.6 is 11.3 Å². The molecule has 0 bridgehead atoms. The maximum Gasteiger partial charge on any atom is 0.362 e. The van der Waals surface area contributed by atoms with E-state index >= 15 is 0 Å². The molecule has 2 atom stereocenters. The quantitative estimate of drug-likeness (QED) is 0.0477. The van der Waals surface area contributed by atoms with Crippen LogP contribution in [0.3, 0.4) is 0 Å². The average molecular weight is 616 g/mol. The summed E-state index contributed by atoms with van der Waals surface area (Å²) in [6.45, 7) is -0.756. The molecule has 4 rings (SSSR count). The summed E-state index contributed by atoms with van der Waals surface area (Å²) in [6, 6.07) is -2.06. The third kappa shape index (κ3) is 5.62. The number of aromatic hydroxyl groups is 1. The molecule has 1 aliphatic heterocycles. The number of carbonyl (C=O) groups is 4. The van der Waals surface area contributed by atoms with E-state index in [0.29, 0.717) is 18.6 Å². The van der Waals surface area contributed by atoms with E-state index < -0.39 is 80.9 Å². The Morgan fingerprint density at radius 1 is 1.27 bits per heavy atom. The number of anilines is 1. The van der Waals surface area contributed by atoms with Gasteiger partial charge in [-0.1, -0.05) is 5.16 Å². The molecule has 0 spiro atoms. The van der Waals surface area contributed by atoms with Crippen LogP contribution in [-0.4, -0.2) is 96.0 Å². The van der Waals surface area contributed by atoms with E-state index in [-0.39, 0.29) is 32.7 Å². The molecule has 2 aliphatic rings. The highest BCUT2D eigenvalue weighted by molar-refractivity contribution is 7.84. The zero-order chi connectivity index (χ0) is 30.3. The molecule has 1 saturated carbocycles. The normalized spacial score (nSPS) is 20.0. The van der Waals surface area contributed by atoms with Crippen molar-refractivity contribution in [2.75, 3.05) is 12.3 Å². The number of carbonyl (C=O) groups excluding carboxylic acids is 3. The van der Waals surface area contributed by atoms with Gasteiger partial charge in [0.05, 0.1) is 6.04 Å². The number of carboxylic acids is 1. The Hall–Kier alpha value is -4.76. The lowest BCUT2D eigenvalue weighted by atomic mass is 9.80. The van der Waals surface area contributed by atoms with E-state index in [4.69, 9.17) is 10.6 Å². The SMILES string of the molecule is Nc1nc(C(=NOC2(C(=O)O)CCC2)C(=O)N[C@@H]2C(=O)N(S(=O)(=O)O)[C@@H]2CNC(=O)c2cc(=O)cc(O)n2O)cs1. The number of carboxylic acid groups (broad SMARTS) is 1. The van der Waals surface area contributed by atoms with Gasteiger partial charge in [-0.05, 0) is 6.42 Å². The average Bonchev–Trinajstić information content (AvgIpc) is 3.27. The van der Waals surface area contributed by atoms with Crippen LogP contribution in [0.5, 0.6) is 5.88 Å². The van der Waals surface area contributed by atoms with E-state index in [1.807, 2.05) is 0 Å². The molecule has 2 aromatic rings. The maximum absolute atomic E-state index is 13.2. The van der Waals surface area contributed by atoms with Crippen LogP contribution in [0, 0.1) is 0 Å². The predicted molar refractivity (Wildman–Crippen MR) is 134 cm³/mol. The first-order valence-electron chi connectivity index (χ1n) is 11.4. The molecule has 0 aromatic carbocycles. The van der Waals surface area contributed by atoms with Gasteiger partial charge in [0.25, 0.3) is 17.7 Å². The fourth-order valence-corrected chi connectivity index (χ4v) is 5.37. The summed E-state index contributed by atoms with van der Waals surface area (Å²) in [7, 11) is -5.18. The number of nitrogens with two attached hydrogens (primary N) is 1. The zero-order valence-corrected chi connectivity index (χ0v) is 22.1. The highest BCUT2D eigenvalue weighted by atomic mass is 32.2. The number of hydrogen-bond acceptors (Lipinski definition) is 14. The van der Waals surface area contributed by atoms with E-state index in [2.05, 4.69) is 20.8 Å². The highest BCUT2D eigenvalue weighted by Crippen LogP contribution is 2.36. The minimum Gasteiger partial charge on any atom is -0.492 e. The number of nitrogen functional groups attached to an aromatic ring is 1. The lowest BCUT2D eigenvalue weighted by Crippen LogP contribution is -2.74. The number of nitrogens with one attached hydrogen (secondary N) is 2. The van der Waals surface area contributed by atoms with Crippen molar-refractivity contribution in [2.24, 2.45) is 5.16 Å². The van der Waals surface area contributed by atoms with Crippen molar-refractivity contribution in [3.8, 4) is 5.88 Å². The second-order valence-electron chi connectivity index (χ2n) is 8.84. The summed E-state index contributed by atoms with van der Waals surface area (Å²) in [5, 5.41) is 38.1. The first-order chi connectivity index (χ1) is 19.1. The Balaban J connectivity index is 1.57. The fraction of sp³-hybridized carbons (Fsp3) is 0.350. The Bertz CT molecular complexity index is 1630. The lowest BCUT2D eigenvalue weighted by molar-refractivity contribution is -0.178. The van der Waals surface area contributed by atoms with Crippen LogP contribution in [-0.2, 0) is 29.5 Å². The molecular formula is C20H21N7O12S2. The number of rotatable bonds is 10. The summed E-state index contributed by atoms with van der Waals surface area (Å²) in [4.78, 5) is 70.5. The number of hydrogen-bond donors (Lipinski definition) is 7. The van der Waals surface area contributed by atoms with Crippen molar-refractivity contribution in [1.29, 1.82) is 0 Å². The molecule has 2 fully saturated rings. The smallest absolute Gasteiger partial charge is 0.362 e. The minimum absolute atomic E-state index is 0.00394. The zero-order valence-electron chi connectivity index (χ0n) is 20.5. The van der Waals surface area contributed by atoms with Crippen LogP contribution in [0.25, 0.3) is 0 Å². The Morgan fingerprint density at radius 2 is 1.95 bits per heavy atom. The van der Waals surface area contributed by atoms with Crippen molar-refractivity contribution in [1.82, 2.24) is 24.7 Å². The van der Waals surface area contributed by atoms with Crippen molar-refractivity contribution in [2.45, 2.75) is 36.9 Å². The molecule has 0 radical (unpaired) electrons. The number of pyridine rings is 1. The molecule has 3 heterocycles. The molecule has 21 heteroatoms. The monoisotopic (exact) mass is 615 g/mol. The highest BCUT2D eigenvalue weighted by Gasteiger charge is 2.54. The number of amides is 3. The summed E-state index contributed by atoms with van der Waals surface area (Å²) in [5.74, 6) is -5.98. The van der Waals surface area contributed by atoms with E-state index in [9.17, 15) is 52.4 Å². The molecule has 41 heavy (non-hydrogen) atoms. The largest absolute Gasteiger partial charge is 0.492 e. The molecule has 1 aliphatic carbocycles. The molecule has 0 unspecified atom stereocenters. The van der Waals surface area contributed by atoms with Gasteiger partial charge in [0.15, 0.2) is 22.0 Å². The topological polar surface area (TPSA) is 293 Å². The third-order valence-electron chi connectivity index (χ3n) is 6.25. The van der Waals surface area contributed by atoms with Crippen LogP contribution < -0.4 is 21.8 Å². The Morgan fingerprint density at radius 3 is 2.49 bits per heavy atom. The van der Waals surface area contributed by atoms with Gasteiger partial charge in [-0.25, -0.2) is 14.1 Å². The number of β-lactam (4-membered cyclic amide) rings is 1. The van der Waals surface area contributed by atoms with Gasteiger partial charge in [-0.15, -0.1) is 16.1 Å². The fourth-order valence-electron chi connectivity index (χ4n) is 3.95. The van der Waals surface area contributed by atoms with E-state index in [0.717, 1.165) is 11.3 Å². The maximum atomic E-state index is 13.2. The van der Waals surface area contributed by atoms with Crippen LogP contribution in [0.4, 0.5) is 5.13 Å². The van der Waals surface area contributed by atoms with Gasteiger partial charge in [-0.2, -0.15) is 8.42 Å². The molecule has 3 amide bonds. The summed E-state index contributed by atoms with van der Waals surface area (Å²) >= 11 is 0.902. The first-order valence-corrected chi connectivity index (χ1v) is 13.7. The number of aromatic nitrogens is 2. The number of oxime groups is 1. The van der Waals surface area contributed by atoms with Crippen LogP contribution in [0.15, 0.2) is 27.5 Å². The predicted octanol–water partition coefficient (Wildman–Crippen LogP) is -2.51. The van der Waals surface area contributed by atoms with Crippen LogP contribution in [0.1, 0.15) is 35.4 Å². The second kappa shape index (κ2) is 10.7. The summed E-state index contributed by atoms with van der Waals surface area (Å²) in [5.41, 5.74) is 1.56. The van der Waals surface area contributed by atoms with E-state index in [1.165, 1.54) is 5.38 Å². The van der Waals surface area contributed by atoms with Crippen molar-refractivity contribution in [3.63, 3.8) is 0 Å².